The van der Waals surface area contributed by atoms with E-state index in [-0.39, 0.29) is 23.9 Å². The van der Waals surface area contributed by atoms with Crippen LogP contribution in [0.5, 0.6) is 5.75 Å². The van der Waals surface area contributed by atoms with Crippen LogP contribution >= 0.6 is 0 Å². The zero-order chi connectivity index (χ0) is 20.5. The van der Waals surface area contributed by atoms with Gasteiger partial charge in [-0.1, -0.05) is 12.0 Å². The Labute approximate surface area is 166 Å². The maximum absolute atomic E-state index is 12.8. The quantitative estimate of drug-likeness (QED) is 0.790. The van der Waals surface area contributed by atoms with Crippen molar-refractivity contribution in [3.8, 4) is 5.75 Å². The molecule has 0 radical (unpaired) electrons. The minimum atomic E-state index is -2.88. The van der Waals surface area contributed by atoms with Crippen molar-refractivity contribution in [3.63, 3.8) is 0 Å². The molecule has 3 heterocycles. The summed E-state index contributed by atoms with van der Waals surface area (Å²) in [6.45, 7) is -0.711. The summed E-state index contributed by atoms with van der Waals surface area (Å²) in [5, 5.41) is 17.5. The van der Waals surface area contributed by atoms with Gasteiger partial charge in [-0.25, -0.2) is 4.79 Å². The molecule has 9 nitrogen and oxygen atoms in total. The molecule has 156 valence electrons. The van der Waals surface area contributed by atoms with E-state index >= 15 is 0 Å². The van der Waals surface area contributed by atoms with Crippen molar-refractivity contribution in [1.29, 1.82) is 0 Å². The van der Waals surface area contributed by atoms with Crippen LogP contribution in [-0.4, -0.2) is 58.4 Å². The first-order valence-corrected chi connectivity index (χ1v) is 9.55. The van der Waals surface area contributed by atoms with Crippen LogP contribution in [0, 0.1) is 5.92 Å². The zero-order valence-corrected chi connectivity index (χ0v) is 16.1. The highest BCUT2D eigenvalue weighted by Crippen LogP contribution is 2.40. The van der Waals surface area contributed by atoms with Gasteiger partial charge >= 0.3 is 12.6 Å². The fourth-order valence-electron chi connectivity index (χ4n) is 4.48. The molecule has 2 aliphatic rings. The zero-order valence-electron chi connectivity index (χ0n) is 16.1. The van der Waals surface area contributed by atoms with Crippen LogP contribution in [-0.2, 0) is 0 Å². The first-order valence-electron chi connectivity index (χ1n) is 9.55. The predicted octanol–water partition coefficient (Wildman–Crippen LogP) is 2.39. The molecule has 0 spiro atoms. The van der Waals surface area contributed by atoms with E-state index in [9.17, 15) is 13.6 Å². The number of aromatic nitrogens is 4. The minimum absolute atomic E-state index is 0.0476. The number of nitrogens with one attached hydrogen (secondary N) is 2. The molecule has 1 aromatic carbocycles. The highest BCUT2D eigenvalue weighted by molar-refractivity contribution is 5.91. The Morgan fingerprint density at radius 2 is 2.03 bits per heavy atom. The van der Waals surface area contributed by atoms with Crippen molar-refractivity contribution in [2.24, 2.45) is 5.92 Å². The number of ether oxygens (including phenoxy) is 1. The van der Waals surface area contributed by atoms with Gasteiger partial charge in [0, 0.05) is 18.8 Å². The molecule has 2 fully saturated rings. The molecule has 1 aromatic heterocycles. The predicted molar refractivity (Wildman–Crippen MR) is 101 cm³/mol. The highest BCUT2D eigenvalue weighted by Gasteiger charge is 2.48. The van der Waals surface area contributed by atoms with Crippen LogP contribution < -0.4 is 19.9 Å². The molecule has 29 heavy (non-hydrogen) atoms. The number of fused-ring (bicyclic) bond motifs is 2. The summed E-state index contributed by atoms with van der Waals surface area (Å²) in [7, 11) is 1.64. The number of nitrogens with zero attached hydrogens (tertiary/aromatic N) is 5. The smallest absolute Gasteiger partial charge is 0.387 e. The summed E-state index contributed by atoms with van der Waals surface area (Å²) in [5.74, 6) is 0.978. The number of rotatable bonds is 5. The van der Waals surface area contributed by atoms with Crippen LogP contribution in [0.15, 0.2) is 24.3 Å². The number of H-pyrrole nitrogens is 1. The molecule has 0 aliphatic carbocycles. The van der Waals surface area contributed by atoms with E-state index in [1.54, 1.807) is 19.2 Å². The average Bonchev–Trinajstić information content (AvgIpc) is 3.33. The minimum Gasteiger partial charge on any atom is -0.435 e. The van der Waals surface area contributed by atoms with E-state index in [0.717, 1.165) is 19.3 Å². The summed E-state index contributed by atoms with van der Waals surface area (Å²) >= 11 is 0. The first-order chi connectivity index (χ1) is 13.9. The third-order valence-corrected chi connectivity index (χ3v) is 5.85. The topological polar surface area (TPSA) is 99.3 Å². The van der Waals surface area contributed by atoms with Gasteiger partial charge in [-0.05, 0) is 54.7 Å². The standard InChI is InChI=1S/C18H23F2N7O2/c1-10-9-13(15-8-7-14(10)27(15)17-22-24-25-23-17)21-18(28)26(2)11-3-5-12(6-4-11)29-16(19)20/h3-6,10,13-16H,7-9H2,1-2H3,(H,21,28)(H,22,23,24,25)/t10-,13?,14+,15-/m1/s1. The van der Waals surface area contributed by atoms with Crippen molar-refractivity contribution < 1.29 is 18.3 Å². The molecular formula is C18H23F2N7O2. The lowest BCUT2D eigenvalue weighted by Crippen LogP contribution is -2.59. The number of aromatic amines is 1. The lowest BCUT2D eigenvalue weighted by atomic mass is 9.88. The van der Waals surface area contributed by atoms with Crippen LogP contribution in [0.1, 0.15) is 26.2 Å². The Morgan fingerprint density at radius 3 is 2.69 bits per heavy atom. The van der Waals surface area contributed by atoms with Crippen molar-refractivity contribution >= 4 is 17.7 Å². The molecule has 2 N–H and O–H groups in total. The molecule has 4 atom stereocenters. The number of hydrogen-bond acceptors (Lipinski definition) is 6. The fourth-order valence-corrected chi connectivity index (χ4v) is 4.48. The van der Waals surface area contributed by atoms with E-state index in [1.165, 1.54) is 17.0 Å². The number of urea groups is 1. The molecule has 2 aromatic rings. The van der Waals surface area contributed by atoms with Crippen molar-refractivity contribution in [2.75, 3.05) is 16.8 Å². The Bertz CT molecular complexity index is 833. The molecule has 2 aliphatic heterocycles. The third kappa shape index (κ3) is 3.81. The molecule has 2 saturated heterocycles. The second-order valence-electron chi connectivity index (χ2n) is 7.53. The number of carbonyl (C=O) groups excluding carboxylic acids is 1. The summed E-state index contributed by atoms with van der Waals surface area (Å²) in [6.07, 6.45) is 2.83. The highest BCUT2D eigenvalue weighted by atomic mass is 19.3. The van der Waals surface area contributed by atoms with Gasteiger partial charge in [0.1, 0.15) is 5.75 Å². The van der Waals surface area contributed by atoms with Gasteiger partial charge in [0.05, 0.1) is 12.1 Å². The lowest BCUT2D eigenvalue weighted by molar-refractivity contribution is -0.0498. The average molecular weight is 407 g/mol. The van der Waals surface area contributed by atoms with Crippen molar-refractivity contribution in [1.82, 2.24) is 25.9 Å². The van der Waals surface area contributed by atoms with Crippen LogP contribution in [0.4, 0.5) is 25.2 Å². The molecule has 11 heteroatoms. The Morgan fingerprint density at radius 1 is 1.31 bits per heavy atom. The van der Waals surface area contributed by atoms with Gasteiger partial charge in [-0.3, -0.25) is 4.90 Å². The number of alkyl halides is 2. The molecule has 0 saturated carbocycles. The van der Waals surface area contributed by atoms with Gasteiger partial charge < -0.3 is 15.0 Å². The van der Waals surface area contributed by atoms with Crippen molar-refractivity contribution in [3.05, 3.63) is 24.3 Å². The van der Waals surface area contributed by atoms with E-state index in [4.69, 9.17) is 0 Å². The normalized spacial score (nSPS) is 25.9. The van der Waals surface area contributed by atoms with Gasteiger partial charge in [0.2, 0.25) is 0 Å². The maximum Gasteiger partial charge on any atom is 0.387 e. The second kappa shape index (κ2) is 7.80. The number of tetrazole rings is 1. The number of carbonyl (C=O) groups is 1. The van der Waals surface area contributed by atoms with Crippen LogP contribution in [0.25, 0.3) is 0 Å². The van der Waals surface area contributed by atoms with Crippen molar-refractivity contribution in [2.45, 2.75) is 50.9 Å². The molecule has 4 rings (SSSR count). The summed E-state index contributed by atoms with van der Waals surface area (Å²) in [4.78, 5) is 16.5. The van der Waals surface area contributed by atoms with Gasteiger partial charge in [-0.2, -0.15) is 14.0 Å². The largest absolute Gasteiger partial charge is 0.435 e. The number of halogens is 2. The number of hydrogen-bond donors (Lipinski definition) is 2. The Balaban J connectivity index is 1.44. The number of amides is 2. The molecule has 1 unspecified atom stereocenters. The van der Waals surface area contributed by atoms with Crippen LogP contribution in [0.3, 0.4) is 0 Å². The second-order valence-corrected chi connectivity index (χ2v) is 7.53. The summed E-state index contributed by atoms with van der Waals surface area (Å²) < 4.78 is 28.9. The fraction of sp³-hybridized carbons (Fsp3) is 0.556. The Kier molecular flexibility index (Phi) is 5.20. The summed E-state index contributed by atoms with van der Waals surface area (Å²) in [5.41, 5.74) is 0.576. The molecule has 2 amide bonds. The number of benzene rings is 1. The first kappa shape index (κ1) is 19.3. The van der Waals surface area contributed by atoms with E-state index in [2.05, 4.69) is 42.5 Å². The van der Waals surface area contributed by atoms with Gasteiger partial charge in [0.15, 0.2) is 0 Å². The molecule has 2 bridgehead atoms. The van der Waals surface area contributed by atoms with E-state index < -0.39 is 6.61 Å². The van der Waals surface area contributed by atoms with E-state index in [1.807, 2.05) is 0 Å². The molecular weight excluding hydrogens is 384 g/mol. The Hall–Kier alpha value is -2.98. The SMILES string of the molecule is C[C@@H]1CC(NC(=O)N(C)c2ccc(OC(F)F)cc2)[C@H]2CC[C@@H]1N2c1nn[nH]n1. The van der Waals surface area contributed by atoms with E-state index in [0.29, 0.717) is 23.6 Å². The summed E-state index contributed by atoms with van der Waals surface area (Å²) in [6, 6.07) is 6.08. The lowest BCUT2D eigenvalue weighted by Gasteiger charge is -2.43. The van der Waals surface area contributed by atoms with Gasteiger partial charge in [-0.15, -0.1) is 5.10 Å². The van der Waals surface area contributed by atoms with Crippen LogP contribution in [0.2, 0.25) is 0 Å². The monoisotopic (exact) mass is 407 g/mol. The third-order valence-electron chi connectivity index (χ3n) is 5.85. The maximum atomic E-state index is 12.8. The van der Waals surface area contributed by atoms with Gasteiger partial charge in [0.25, 0.3) is 5.95 Å². The number of anilines is 2. The number of piperidine rings is 1.